The van der Waals surface area contributed by atoms with E-state index in [4.69, 9.17) is 9.47 Å². The Labute approximate surface area is 162 Å². The van der Waals surface area contributed by atoms with Gasteiger partial charge in [0.15, 0.2) is 11.5 Å². The van der Waals surface area contributed by atoms with Crippen molar-refractivity contribution in [3.8, 4) is 11.5 Å². The molecule has 3 aromatic rings. The number of carbonyl (C=O) groups excluding carboxylic acids is 1. The Balaban J connectivity index is 1.28. The first-order chi connectivity index (χ1) is 13.8. The molecule has 0 atom stereocenters. The van der Waals surface area contributed by atoms with Crippen LogP contribution < -0.4 is 14.8 Å². The molecule has 0 radical (unpaired) electrons. The van der Waals surface area contributed by atoms with Crippen LogP contribution in [0.25, 0.3) is 0 Å². The molecule has 0 saturated carbocycles. The molecular weight excluding hydrogens is 354 g/mol. The van der Waals surface area contributed by atoms with Gasteiger partial charge in [-0.25, -0.2) is 4.98 Å². The lowest BCUT2D eigenvalue weighted by atomic mass is 10.00. The van der Waals surface area contributed by atoms with Crippen LogP contribution in [-0.2, 0) is 13.0 Å². The molecule has 6 heteroatoms. The van der Waals surface area contributed by atoms with Crippen LogP contribution in [0.4, 0.5) is 11.4 Å². The van der Waals surface area contributed by atoms with Crippen molar-refractivity contribution in [3.05, 3.63) is 77.6 Å². The fourth-order valence-corrected chi connectivity index (χ4v) is 3.57. The Morgan fingerprint density at radius 1 is 0.964 bits per heavy atom. The zero-order valence-electron chi connectivity index (χ0n) is 15.2. The van der Waals surface area contributed by atoms with Crippen LogP contribution in [0.5, 0.6) is 11.5 Å². The quantitative estimate of drug-likeness (QED) is 0.758. The van der Waals surface area contributed by atoms with E-state index in [0.29, 0.717) is 18.8 Å². The standard InChI is InChI=1S/C22H19N3O3/c26-22(25-10-9-15-3-1-2-4-16(15)13-25)19-7-5-18(12-23-19)24-17-6-8-20-21(11-17)28-14-27-20/h1-8,11-12,24H,9-10,13-14H2. The summed E-state index contributed by atoms with van der Waals surface area (Å²) in [6, 6.07) is 17.6. The molecule has 0 bridgehead atoms. The van der Waals surface area contributed by atoms with Gasteiger partial charge >= 0.3 is 0 Å². The Morgan fingerprint density at radius 2 is 1.79 bits per heavy atom. The highest BCUT2D eigenvalue weighted by Crippen LogP contribution is 2.35. The maximum absolute atomic E-state index is 12.8. The molecule has 28 heavy (non-hydrogen) atoms. The molecule has 3 heterocycles. The molecule has 1 amide bonds. The lowest BCUT2D eigenvalue weighted by Gasteiger charge is -2.28. The van der Waals surface area contributed by atoms with Gasteiger partial charge in [-0.15, -0.1) is 0 Å². The molecule has 1 N–H and O–H groups in total. The molecule has 2 aliphatic heterocycles. The van der Waals surface area contributed by atoms with E-state index in [-0.39, 0.29) is 12.7 Å². The van der Waals surface area contributed by atoms with Gasteiger partial charge in [-0.2, -0.15) is 0 Å². The summed E-state index contributed by atoms with van der Waals surface area (Å²) in [7, 11) is 0. The summed E-state index contributed by atoms with van der Waals surface area (Å²) >= 11 is 0. The van der Waals surface area contributed by atoms with E-state index in [1.165, 1.54) is 11.1 Å². The minimum absolute atomic E-state index is 0.0378. The minimum atomic E-state index is -0.0378. The number of carbonyl (C=O) groups is 1. The van der Waals surface area contributed by atoms with Crippen molar-refractivity contribution in [3.63, 3.8) is 0 Å². The number of fused-ring (bicyclic) bond motifs is 2. The zero-order valence-corrected chi connectivity index (χ0v) is 15.2. The van der Waals surface area contributed by atoms with Gasteiger partial charge < -0.3 is 19.7 Å². The third kappa shape index (κ3) is 3.13. The number of hydrogen-bond acceptors (Lipinski definition) is 5. The van der Waals surface area contributed by atoms with Crippen LogP contribution >= 0.6 is 0 Å². The molecule has 5 rings (SSSR count). The van der Waals surface area contributed by atoms with Crippen LogP contribution in [0, 0.1) is 0 Å². The van der Waals surface area contributed by atoms with Crippen molar-refractivity contribution in [1.29, 1.82) is 0 Å². The lowest BCUT2D eigenvalue weighted by molar-refractivity contribution is 0.0729. The average Bonchev–Trinajstić information content (AvgIpc) is 3.21. The predicted molar refractivity (Wildman–Crippen MR) is 105 cm³/mol. The van der Waals surface area contributed by atoms with Gasteiger partial charge in [-0.3, -0.25) is 4.79 Å². The van der Waals surface area contributed by atoms with E-state index in [9.17, 15) is 4.79 Å². The van der Waals surface area contributed by atoms with Crippen LogP contribution in [0.3, 0.4) is 0 Å². The summed E-state index contributed by atoms with van der Waals surface area (Å²) in [6.45, 7) is 1.60. The summed E-state index contributed by atoms with van der Waals surface area (Å²) < 4.78 is 10.7. The largest absolute Gasteiger partial charge is 0.454 e. The molecule has 2 aromatic carbocycles. The first-order valence-corrected chi connectivity index (χ1v) is 9.25. The number of aromatic nitrogens is 1. The average molecular weight is 373 g/mol. The van der Waals surface area contributed by atoms with Crippen molar-refractivity contribution >= 4 is 17.3 Å². The van der Waals surface area contributed by atoms with E-state index in [0.717, 1.165) is 29.3 Å². The topological polar surface area (TPSA) is 63.7 Å². The smallest absolute Gasteiger partial charge is 0.272 e. The second-order valence-corrected chi connectivity index (χ2v) is 6.87. The third-order valence-electron chi connectivity index (χ3n) is 5.06. The number of amides is 1. The maximum Gasteiger partial charge on any atom is 0.272 e. The van der Waals surface area contributed by atoms with Crippen LogP contribution in [-0.4, -0.2) is 29.1 Å². The second-order valence-electron chi connectivity index (χ2n) is 6.87. The zero-order chi connectivity index (χ0) is 18.9. The molecule has 140 valence electrons. The van der Waals surface area contributed by atoms with Crippen LogP contribution in [0.1, 0.15) is 21.6 Å². The summed E-state index contributed by atoms with van der Waals surface area (Å²) in [4.78, 5) is 19.0. The number of nitrogens with zero attached hydrogens (tertiary/aromatic N) is 2. The van der Waals surface area contributed by atoms with Gasteiger partial charge in [0.05, 0.1) is 11.9 Å². The van der Waals surface area contributed by atoms with Gasteiger partial charge in [0, 0.05) is 24.8 Å². The summed E-state index contributed by atoms with van der Waals surface area (Å²) in [6.07, 6.45) is 2.56. The minimum Gasteiger partial charge on any atom is -0.454 e. The van der Waals surface area contributed by atoms with E-state index >= 15 is 0 Å². The van der Waals surface area contributed by atoms with Gasteiger partial charge in [-0.1, -0.05) is 24.3 Å². The first-order valence-electron chi connectivity index (χ1n) is 9.25. The van der Waals surface area contributed by atoms with Gasteiger partial charge in [-0.05, 0) is 41.8 Å². The van der Waals surface area contributed by atoms with Gasteiger partial charge in [0.1, 0.15) is 5.69 Å². The van der Waals surface area contributed by atoms with E-state index in [1.54, 1.807) is 12.3 Å². The Bertz CT molecular complexity index is 1030. The summed E-state index contributed by atoms with van der Waals surface area (Å²) in [5.74, 6) is 1.42. The lowest BCUT2D eigenvalue weighted by Crippen LogP contribution is -2.36. The Hall–Kier alpha value is -3.54. The van der Waals surface area contributed by atoms with E-state index in [2.05, 4.69) is 22.4 Å². The van der Waals surface area contributed by atoms with Crippen molar-refractivity contribution < 1.29 is 14.3 Å². The number of hydrogen-bond donors (Lipinski definition) is 1. The molecule has 0 spiro atoms. The Kier molecular flexibility index (Phi) is 4.09. The molecule has 0 unspecified atom stereocenters. The molecule has 2 aliphatic rings. The predicted octanol–water partition coefficient (Wildman–Crippen LogP) is 3.75. The highest BCUT2D eigenvalue weighted by Gasteiger charge is 2.22. The molecule has 1 aromatic heterocycles. The Morgan fingerprint density at radius 3 is 2.64 bits per heavy atom. The van der Waals surface area contributed by atoms with Crippen molar-refractivity contribution in [2.24, 2.45) is 0 Å². The molecule has 0 fully saturated rings. The molecule has 6 nitrogen and oxygen atoms in total. The first kappa shape index (κ1) is 16.6. The van der Waals surface area contributed by atoms with E-state index < -0.39 is 0 Å². The number of pyridine rings is 1. The van der Waals surface area contributed by atoms with Gasteiger partial charge in [0.25, 0.3) is 5.91 Å². The number of benzene rings is 2. The SMILES string of the molecule is O=C(c1ccc(Nc2ccc3c(c2)OCO3)cn1)N1CCc2ccccc2C1. The monoisotopic (exact) mass is 373 g/mol. The fraction of sp³-hybridized carbons (Fsp3) is 0.182. The highest BCUT2D eigenvalue weighted by molar-refractivity contribution is 5.92. The molecular formula is C22H19N3O3. The molecule has 0 aliphatic carbocycles. The number of rotatable bonds is 3. The van der Waals surface area contributed by atoms with Crippen LogP contribution in [0.2, 0.25) is 0 Å². The summed E-state index contributed by atoms with van der Waals surface area (Å²) in [5, 5.41) is 3.27. The number of anilines is 2. The van der Waals surface area contributed by atoms with Crippen molar-refractivity contribution in [2.75, 3.05) is 18.7 Å². The fourth-order valence-electron chi connectivity index (χ4n) is 3.57. The second kappa shape index (κ2) is 6.88. The molecule has 0 saturated heterocycles. The number of ether oxygens (including phenoxy) is 2. The number of nitrogens with one attached hydrogen (secondary N) is 1. The third-order valence-corrected chi connectivity index (χ3v) is 5.06. The van der Waals surface area contributed by atoms with Crippen LogP contribution in [0.15, 0.2) is 60.8 Å². The van der Waals surface area contributed by atoms with Crippen molar-refractivity contribution in [2.45, 2.75) is 13.0 Å². The maximum atomic E-state index is 12.8. The normalized spacial score (nSPS) is 14.5. The van der Waals surface area contributed by atoms with Crippen molar-refractivity contribution in [1.82, 2.24) is 9.88 Å². The van der Waals surface area contributed by atoms with Gasteiger partial charge in [0.2, 0.25) is 6.79 Å². The highest BCUT2D eigenvalue weighted by atomic mass is 16.7. The van der Waals surface area contributed by atoms with E-state index in [1.807, 2.05) is 41.3 Å². The summed E-state index contributed by atoms with van der Waals surface area (Å²) in [5.41, 5.74) is 4.67.